The molecule has 0 radical (unpaired) electrons. The summed E-state index contributed by atoms with van der Waals surface area (Å²) in [6.07, 6.45) is 0.668. The highest BCUT2D eigenvalue weighted by Gasteiger charge is 2.36. The minimum absolute atomic E-state index is 0.0853. The SMILES string of the molecule is CN=C(c1cccnc1C)c1nc(CC2CCNC(CC(=O)N(C)C)CC2)ccc1C(F)(F)F. The summed E-state index contributed by atoms with van der Waals surface area (Å²) in [5.74, 6) is 0.355. The fourth-order valence-corrected chi connectivity index (χ4v) is 4.35. The molecule has 1 N–H and O–H groups in total. The number of hydrogen-bond acceptors (Lipinski definition) is 5. The van der Waals surface area contributed by atoms with Gasteiger partial charge < -0.3 is 10.2 Å². The fourth-order valence-electron chi connectivity index (χ4n) is 4.35. The van der Waals surface area contributed by atoms with Crippen LogP contribution in [-0.2, 0) is 17.4 Å². The van der Waals surface area contributed by atoms with Gasteiger partial charge in [0, 0.05) is 56.8 Å². The van der Waals surface area contributed by atoms with Gasteiger partial charge in [-0.05, 0) is 69.3 Å². The lowest BCUT2D eigenvalue weighted by molar-refractivity contribution is -0.138. The third-order valence-electron chi connectivity index (χ3n) is 6.29. The van der Waals surface area contributed by atoms with E-state index in [0.717, 1.165) is 31.9 Å². The smallest absolute Gasteiger partial charge is 0.349 e. The molecule has 2 unspecified atom stereocenters. The number of carbonyl (C=O) groups excluding carboxylic acids is 1. The second kappa shape index (κ2) is 11.1. The number of pyridine rings is 2. The van der Waals surface area contributed by atoms with E-state index in [0.29, 0.717) is 29.8 Å². The molecular weight excluding hydrogens is 443 g/mol. The topological polar surface area (TPSA) is 70.5 Å². The highest BCUT2D eigenvalue weighted by Crippen LogP contribution is 2.33. The molecule has 2 atom stereocenters. The molecule has 1 fully saturated rings. The predicted octanol–water partition coefficient (Wildman–Crippen LogP) is 4.05. The van der Waals surface area contributed by atoms with Crippen LogP contribution in [0, 0.1) is 12.8 Å². The zero-order valence-corrected chi connectivity index (χ0v) is 20.1. The largest absolute Gasteiger partial charge is 0.418 e. The van der Waals surface area contributed by atoms with Crippen LogP contribution < -0.4 is 5.32 Å². The Balaban J connectivity index is 1.84. The highest BCUT2D eigenvalue weighted by atomic mass is 19.4. The standard InChI is InChI=1S/C25H32F3N5O/c1-16-20(6-5-12-30-16)23(29-2)24-21(25(26,27)28)10-9-19(32-24)14-17-7-8-18(31-13-11-17)15-22(34)33(3)4/h5-6,9-10,12,17-18,31H,7-8,11,13-15H2,1-4H3. The summed E-state index contributed by atoms with van der Waals surface area (Å²) in [5.41, 5.74) is 0.960. The second-order valence-corrected chi connectivity index (χ2v) is 8.98. The average molecular weight is 476 g/mol. The van der Waals surface area contributed by atoms with Crippen LogP contribution in [-0.4, -0.2) is 60.2 Å². The lowest BCUT2D eigenvalue weighted by atomic mass is 9.92. The van der Waals surface area contributed by atoms with Gasteiger partial charge in [0.25, 0.3) is 0 Å². The van der Waals surface area contributed by atoms with Crippen LogP contribution in [0.25, 0.3) is 0 Å². The molecule has 6 nitrogen and oxygen atoms in total. The molecule has 3 heterocycles. The summed E-state index contributed by atoms with van der Waals surface area (Å²) in [4.78, 5) is 26.5. The van der Waals surface area contributed by atoms with E-state index in [1.807, 2.05) is 0 Å². The molecule has 1 aliphatic heterocycles. The van der Waals surface area contributed by atoms with Gasteiger partial charge in [0.15, 0.2) is 0 Å². The van der Waals surface area contributed by atoms with E-state index in [9.17, 15) is 18.0 Å². The molecule has 1 amide bonds. The lowest BCUT2D eigenvalue weighted by Crippen LogP contribution is -2.34. The lowest BCUT2D eigenvalue weighted by Gasteiger charge is -2.19. The van der Waals surface area contributed by atoms with Crippen LogP contribution >= 0.6 is 0 Å². The Bertz CT molecular complexity index is 1040. The first-order chi connectivity index (χ1) is 16.1. The molecule has 3 rings (SSSR count). The van der Waals surface area contributed by atoms with Crippen LogP contribution in [0.4, 0.5) is 13.2 Å². The Morgan fingerprint density at radius 3 is 2.62 bits per heavy atom. The summed E-state index contributed by atoms with van der Waals surface area (Å²) in [5, 5.41) is 3.44. The van der Waals surface area contributed by atoms with Gasteiger partial charge in [0.05, 0.1) is 11.3 Å². The maximum atomic E-state index is 13.9. The number of halogens is 3. The van der Waals surface area contributed by atoms with Crippen LogP contribution in [0.2, 0.25) is 0 Å². The third-order valence-corrected chi connectivity index (χ3v) is 6.29. The van der Waals surface area contributed by atoms with Crippen molar-refractivity contribution in [2.75, 3.05) is 27.7 Å². The molecule has 0 aliphatic carbocycles. The maximum Gasteiger partial charge on any atom is 0.418 e. The summed E-state index contributed by atoms with van der Waals surface area (Å²) in [6, 6.07) is 6.10. The number of nitrogens with zero attached hydrogens (tertiary/aromatic N) is 4. The van der Waals surface area contributed by atoms with Crippen molar-refractivity contribution in [2.45, 2.75) is 51.2 Å². The maximum absolute atomic E-state index is 13.9. The number of rotatable bonds is 6. The minimum atomic E-state index is -4.55. The van der Waals surface area contributed by atoms with Crippen molar-refractivity contribution in [3.8, 4) is 0 Å². The van der Waals surface area contributed by atoms with Crippen molar-refractivity contribution < 1.29 is 18.0 Å². The van der Waals surface area contributed by atoms with Gasteiger partial charge in [-0.3, -0.25) is 19.8 Å². The molecule has 2 aromatic heterocycles. The van der Waals surface area contributed by atoms with Crippen LogP contribution in [0.3, 0.4) is 0 Å². The monoisotopic (exact) mass is 475 g/mol. The summed E-state index contributed by atoms with van der Waals surface area (Å²) in [7, 11) is 4.97. The van der Waals surface area contributed by atoms with Crippen LogP contribution in [0.5, 0.6) is 0 Å². The molecule has 1 saturated heterocycles. The van der Waals surface area contributed by atoms with Crippen LogP contribution in [0.1, 0.15) is 53.9 Å². The van der Waals surface area contributed by atoms with Gasteiger partial charge in [-0.1, -0.05) is 0 Å². The number of nitrogens with one attached hydrogen (secondary N) is 1. The normalized spacial score (nSPS) is 19.6. The Hall–Kier alpha value is -2.81. The third kappa shape index (κ3) is 6.40. The number of aliphatic imine (C=N–C) groups is 1. The molecule has 1 aliphatic rings. The molecule has 0 bridgehead atoms. The minimum Gasteiger partial charge on any atom is -0.349 e. The Kier molecular flexibility index (Phi) is 8.41. The van der Waals surface area contributed by atoms with Gasteiger partial charge in [0.2, 0.25) is 5.91 Å². The number of aryl methyl sites for hydroxylation is 1. The molecular formula is C25H32F3N5O. The van der Waals surface area contributed by atoms with Gasteiger partial charge in [-0.15, -0.1) is 0 Å². The van der Waals surface area contributed by atoms with Crippen LogP contribution in [0.15, 0.2) is 35.5 Å². The molecule has 0 aromatic carbocycles. The molecule has 2 aromatic rings. The van der Waals surface area contributed by atoms with Gasteiger partial charge >= 0.3 is 6.18 Å². The number of alkyl halides is 3. The Labute approximate surface area is 198 Å². The predicted molar refractivity (Wildman–Crippen MR) is 126 cm³/mol. The molecule has 34 heavy (non-hydrogen) atoms. The van der Waals surface area contributed by atoms with E-state index in [1.54, 1.807) is 44.2 Å². The van der Waals surface area contributed by atoms with Crippen molar-refractivity contribution in [3.63, 3.8) is 0 Å². The van der Waals surface area contributed by atoms with Crippen molar-refractivity contribution in [1.29, 1.82) is 0 Å². The summed E-state index contributed by atoms with van der Waals surface area (Å²) in [6.45, 7) is 2.51. The van der Waals surface area contributed by atoms with E-state index in [1.165, 1.54) is 13.1 Å². The van der Waals surface area contributed by atoms with Crippen molar-refractivity contribution in [2.24, 2.45) is 10.9 Å². The van der Waals surface area contributed by atoms with E-state index in [-0.39, 0.29) is 29.3 Å². The fraction of sp³-hybridized carbons (Fsp3) is 0.520. The number of hydrogen-bond donors (Lipinski definition) is 1. The second-order valence-electron chi connectivity index (χ2n) is 8.98. The first kappa shape index (κ1) is 25.8. The molecule has 0 spiro atoms. The zero-order valence-electron chi connectivity index (χ0n) is 20.1. The van der Waals surface area contributed by atoms with Crippen molar-refractivity contribution in [3.05, 3.63) is 58.7 Å². The summed E-state index contributed by atoms with van der Waals surface area (Å²) >= 11 is 0. The van der Waals surface area contributed by atoms with Crippen molar-refractivity contribution in [1.82, 2.24) is 20.2 Å². The zero-order chi connectivity index (χ0) is 24.9. The average Bonchev–Trinajstić information content (AvgIpc) is 3.00. The van der Waals surface area contributed by atoms with Crippen molar-refractivity contribution >= 4 is 11.6 Å². The first-order valence-electron chi connectivity index (χ1n) is 11.5. The van der Waals surface area contributed by atoms with E-state index in [4.69, 9.17) is 0 Å². The van der Waals surface area contributed by atoms with Gasteiger partial charge in [-0.25, -0.2) is 0 Å². The first-order valence-corrected chi connectivity index (χ1v) is 11.5. The van der Waals surface area contributed by atoms with Gasteiger partial charge in [0.1, 0.15) is 5.69 Å². The Morgan fingerprint density at radius 1 is 1.21 bits per heavy atom. The molecule has 184 valence electrons. The number of carbonyl (C=O) groups is 1. The van der Waals surface area contributed by atoms with E-state index >= 15 is 0 Å². The molecule has 9 heteroatoms. The molecule has 0 saturated carbocycles. The van der Waals surface area contributed by atoms with Gasteiger partial charge in [-0.2, -0.15) is 13.2 Å². The Morgan fingerprint density at radius 2 is 1.97 bits per heavy atom. The number of amides is 1. The summed E-state index contributed by atoms with van der Waals surface area (Å²) < 4.78 is 41.6. The highest BCUT2D eigenvalue weighted by molar-refractivity contribution is 6.13. The van der Waals surface area contributed by atoms with E-state index in [2.05, 4.69) is 20.3 Å². The quantitative estimate of drug-likeness (QED) is 0.640. The number of aromatic nitrogens is 2. The van der Waals surface area contributed by atoms with E-state index < -0.39 is 11.7 Å².